The first-order valence-electron chi connectivity index (χ1n) is 8.05. The molecule has 4 N–H and O–H groups in total. The summed E-state index contributed by atoms with van der Waals surface area (Å²) in [5.74, 6) is 1.62. The van der Waals surface area contributed by atoms with E-state index in [0.717, 1.165) is 13.0 Å². The van der Waals surface area contributed by atoms with Crippen LogP contribution >= 0.6 is 24.0 Å². The molecule has 0 fully saturated rings. The van der Waals surface area contributed by atoms with Crippen LogP contribution in [-0.4, -0.2) is 38.4 Å². The first-order valence-corrected chi connectivity index (χ1v) is 8.05. The molecule has 0 saturated carbocycles. The first kappa shape index (κ1) is 22.8. The van der Waals surface area contributed by atoms with Crippen molar-refractivity contribution in [2.24, 2.45) is 10.7 Å². The number of halogens is 1. The second kappa shape index (κ2) is 13.1. The molecule has 0 radical (unpaired) electrons. The Morgan fingerprint density at radius 1 is 1.17 bits per heavy atom. The summed E-state index contributed by atoms with van der Waals surface area (Å²) in [7, 11) is 3.15. The highest BCUT2D eigenvalue weighted by molar-refractivity contribution is 14.0. The highest BCUT2D eigenvalue weighted by atomic mass is 127. The SMILES string of the molecule is CCCCCCNC(N)=NCC(O)c1cc(OC)cc(OC)c1.I. The second-order valence-corrected chi connectivity index (χ2v) is 5.38. The number of rotatable bonds is 10. The molecule has 1 unspecified atom stereocenters. The second-order valence-electron chi connectivity index (χ2n) is 5.38. The fourth-order valence-corrected chi connectivity index (χ4v) is 2.14. The van der Waals surface area contributed by atoms with Gasteiger partial charge in [-0.15, -0.1) is 24.0 Å². The maximum Gasteiger partial charge on any atom is 0.188 e. The summed E-state index contributed by atoms with van der Waals surface area (Å²) in [4.78, 5) is 4.18. The molecule has 1 rings (SSSR count). The van der Waals surface area contributed by atoms with E-state index in [-0.39, 0.29) is 30.5 Å². The molecule has 1 atom stereocenters. The highest BCUT2D eigenvalue weighted by Gasteiger charge is 2.11. The van der Waals surface area contributed by atoms with Crippen LogP contribution in [0.5, 0.6) is 11.5 Å². The number of hydrogen-bond acceptors (Lipinski definition) is 4. The number of aliphatic imine (C=N–C) groups is 1. The van der Waals surface area contributed by atoms with Crippen LogP contribution in [0.2, 0.25) is 0 Å². The lowest BCUT2D eigenvalue weighted by atomic mass is 10.1. The smallest absolute Gasteiger partial charge is 0.188 e. The van der Waals surface area contributed by atoms with Gasteiger partial charge in [0, 0.05) is 12.6 Å². The summed E-state index contributed by atoms with van der Waals surface area (Å²) < 4.78 is 10.4. The number of nitrogens with one attached hydrogen (secondary N) is 1. The zero-order valence-electron chi connectivity index (χ0n) is 14.7. The van der Waals surface area contributed by atoms with Gasteiger partial charge in [-0.2, -0.15) is 0 Å². The first-order chi connectivity index (χ1) is 11.1. The van der Waals surface area contributed by atoms with Gasteiger partial charge in [-0.05, 0) is 24.1 Å². The predicted molar refractivity (Wildman–Crippen MR) is 109 cm³/mol. The average molecular weight is 451 g/mol. The molecule has 0 aliphatic rings. The number of benzene rings is 1. The molecule has 0 aliphatic heterocycles. The lowest BCUT2D eigenvalue weighted by molar-refractivity contribution is 0.186. The molecule has 0 aromatic heterocycles. The zero-order chi connectivity index (χ0) is 17.1. The molecule has 0 amide bonds. The van der Waals surface area contributed by atoms with Crippen molar-refractivity contribution in [3.63, 3.8) is 0 Å². The lowest BCUT2D eigenvalue weighted by Crippen LogP contribution is -2.32. The van der Waals surface area contributed by atoms with Crippen LogP contribution in [0.3, 0.4) is 0 Å². The summed E-state index contributed by atoms with van der Waals surface area (Å²) >= 11 is 0. The summed E-state index contributed by atoms with van der Waals surface area (Å²) in [6.45, 7) is 3.17. The summed E-state index contributed by atoms with van der Waals surface area (Å²) in [5.41, 5.74) is 6.49. The van der Waals surface area contributed by atoms with Crippen molar-refractivity contribution in [2.75, 3.05) is 27.3 Å². The van der Waals surface area contributed by atoms with E-state index >= 15 is 0 Å². The Morgan fingerprint density at radius 2 is 1.79 bits per heavy atom. The zero-order valence-corrected chi connectivity index (χ0v) is 17.1. The van der Waals surface area contributed by atoms with Crippen molar-refractivity contribution in [2.45, 2.75) is 38.7 Å². The molecule has 0 heterocycles. The van der Waals surface area contributed by atoms with Crippen LogP contribution in [0.1, 0.15) is 44.3 Å². The van der Waals surface area contributed by atoms with E-state index in [1.165, 1.54) is 19.3 Å². The summed E-state index contributed by atoms with van der Waals surface area (Å²) in [6, 6.07) is 5.28. The van der Waals surface area contributed by atoms with Gasteiger partial charge in [0.15, 0.2) is 5.96 Å². The molecule has 1 aromatic rings. The normalized spacial score (nSPS) is 12.2. The Kier molecular flexibility index (Phi) is 12.4. The molecule has 6 nitrogen and oxygen atoms in total. The summed E-state index contributed by atoms with van der Waals surface area (Å²) in [6.07, 6.45) is 3.93. The largest absolute Gasteiger partial charge is 0.497 e. The van der Waals surface area contributed by atoms with Gasteiger partial charge in [0.2, 0.25) is 0 Å². The van der Waals surface area contributed by atoms with Crippen molar-refractivity contribution in [1.29, 1.82) is 0 Å². The van der Waals surface area contributed by atoms with E-state index < -0.39 is 6.10 Å². The van der Waals surface area contributed by atoms with Crippen LogP contribution in [0, 0.1) is 0 Å². The van der Waals surface area contributed by atoms with Gasteiger partial charge in [0.05, 0.1) is 26.9 Å². The minimum atomic E-state index is -0.764. The van der Waals surface area contributed by atoms with Gasteiger partial charge >= 0.3 is 0 Å². The molecule has 24 heavy (non-hydrogen) atoms. The standard InChI is InChI=1S/C17H29N3O3.HI/c1-4-5-6-7-8-19-17(18)20-12-16(21)13-9-14(22-2)11-15(10-13)23-3;/h9-11,16,21H,4-8,12H2,1-3H3,(H3,18,19,20);1H. The quantitative estimate of drug-likeness (QED) is 0.220. The molecule has 7 heteroatoms. The number of aliphatic hydroxyl groups excluding tert-OH is 1. The number of nitrogens with two attached hydrogens (primary N) is 1. The molecular weight excluding hydrogens is 421 g/mol. The van der Waals surface area contributed by atoms with Crippen molar-refractivity contribution in [1.82, 2.24) is 5.32 Å². The topological polar surface area (TPSA) is 89.1 Å². The third-order valence-electron chi connectivity index (χ3n) is 3.53. The van der Waals surface area contributed by atoms with Gasteiger partial charge in [-0.3, -0.25) is 4.99 Å². The average Bonchev–Trinajstić information content (AvgIpc) is 2.58. The van der Waals surface area contributed by atoms with Crippen LogP contribution in [0.25, 0.3) is 0 Å². The van der Waals surface area contributed by atoms with E-state index in [0.29, 0.717) is 23.0 Å². The Hall–Kier alpha value is -1.22. The number of ether oxygens (including phenoxy) is 2. The van der Waals surface area contributed by atoms with E-state index in [2.05, 4.69) is 17.2 Å². The van der Waals surface area contributed by atoms with Crippen molar-refractivity contribution < 1.29 is 14.6 Å². The monoisotopic (exact) mass is 451 g/mol. The predicted octanol–water partition coefficient (Wildman–Crippen LogP) is 2.84. The third kappa shape index (κ3) is 8.58. The molecule has 0 saturated heterocycles. The molecule has 0 aliphatic carbocycles. The maximum atomic E-state index is 10.2. The van der Waals surface area contributed by atoms with E-state index in [4.69, 9.17) is 15.2 Å². The van der Waals surface area contributed by atoms with Gasteiger partial charge in [0.25, 0.3) is 0 Å². The number of nitrogens with zero attached hydrogens (tertiary/aromatic N) is 1. The van der Waals surface area contributed by atoms with Gasteiger partial charge in [-0.1, -0.05) is 26.2 Å². The van der Waals surface area contributed by atoms with Crippen molar-refractivity contribution in [3.8, 4) is 11.5 Å². The molecule has 0 bridgehead atoms. The van der Waals surface area contributed by atoms with Crippen molar-refractivity contribution in [3.05, 3.63) is 23.8 Å². The van der Waals surface area contributed by atoms with Crippen LogP contribution in [-0.2, 0) is 0 Å². The number of hydrogen-bond donors (Lipinski definition) is 3. The van der Waals surface area contributed by atoms with Gasteiger partial charge in [0.1, 0.15) is 11.5 Å². The van der Waals surface area contributed by atoms with E-state index in [1.807, 2.05) is 0 Å². The molecule has 1 aromatic carbocycles. The lowest BCUT2D eigenvalue weighted by Gasteiger charge is -2.13. The maximum absolute atomic E-state index is 10.2. The van der Waals surface area contributed by atoms with Crippen LogP contribution in [0.4, 0.5) is 0 Å². The minimum Gasteiger partial charge on any atom is -0.497 e. The fraction of sp³-hybridized carbons (Fsp3) is 0.588. The molecule has 0 spiro atoms. The Labute approximate surface area is 161 Å². The third-order valence-corrected chi connectivity index (χ3v) is 3.53. The van der Waals surface area contributed by atoms with Crippen molar-refractivity contribution >= 4 is 29.9 Å². The molecular formula is C17H30IN3O3. The number of unbranched alkanes of at least 4 members (excludes halogenated alkanes) is 3. The van der Waals surface area contributed by atoms with E-state index in [9.17, 15) is 5.11 Å². The van der Waals surface area contributed by atoms with Crippen LogP contribution in [0.15, 0.2) is 23.2 Å². The number of guanidine groups is 1. The van der Waals surface area contributed by atoms with E-state index in [1.54, 1.807) is 32.4 Å². The minimum absolute atomic E-state index is 0. The fourth-order valence-electron chi connectivity index (χ4n) is 2.14. The number of methoxy groups -OCH3 is 2. The molecule has 138 valence electrons. The Morgan fingerprint density at radius 3 is 2.33 bits per heavy atom. The van der Waals surface area contributed by atoms with Gasteiger partial charge < -0.3 is 25.6 Å². The van der Waals surface area contributed by atoms with Gasteiger partial charge in [-0.25, -0.2) is 0 Å². The summed E-state index contributed by atoms with van der Waals surface area (Å²) in [5, 5.41) is 13.3. The Bertz CT molecular complexity index is 476. The van der Waals surface area contributed by atoms with Crippen LogP contribution < -0.4 is 20.5 Å². The number of aliphatic hydroxyl groups is 1. The Balaban J connectivity index is 0.00000529. The highest BCUT2D eigenvalue weighted by Crippen LogP contribution is 2.26.